The summed E-state index contributed by atoms with van der Waals surface area (Å²) in [5, 5.41) is 8.85. The van der Waals surface area contributed by atoms with Gasteiger partial charge in [-0.05, 0) is 31.1 Å². The number of hydrogen-bond donors (Lipinski definition) is 1. The van der Waals surface area contributed by atoms with Crippen LogP contribution in [-0.2, 0) is 4.79 Å². The van der Waals surface area contributed by atoms with Gasteiger partial charge in [0.25, 0.3) is 0 Å². The van der Waals surface area contributed by atoms with Crippen molar-refractivity contribution in [3.63, 3.8) is 0 Å². The van der Waals surface area contributed by atoms with Crippen molar-refractivity contribution >= 4 is 5.97 Å². The zero-order valence-corrected chi connectivity index (χ0v) is 9.48. The number of fused-ring (bicyclic) bond motifs is 1. The Bertz CT molecular complexity index is 230. The van der Waals surface area contributed by atoms with Gasteiger partial charge in [-0.2, -0.15) is 0 Å². The van der Waals surface area contributed by atoms with Crippen LogP contribution < -0.4 is 0 Å². The Morgan fingerprint density at radius 1 is 1.40 bits per heavy atom. The van der Waals surface area contributed by atoms with E-state index >= 15 is 0 Å². The van der Waals surface area contributed by atoms with Crippen molar-refractivity contribution < 1.29 is 9.90 Å². The maximum atomic E-state index is 10.7. The summed E-state index contributed by atoms with van der Waals surface area (Å²) in [5.74, 6) is 1.08. The lowest BCUT2D eigenvalue weighted by Gasteiger charge is -2.26. The van der Waals surface area contributed by atoms with Crippen LogP contribution in [-0.4, -0.2) is 35.1 Å². The molecule has 3 nitrogen and oxygen atoms in total. The van der Waals surface area contributed by atoms with Crippen LogP contribution in [0.3, 0.4) is 0 Å². The number of nitrogens with zero attached hydrogens (tertiary/aromatic N) is 1. The van der Waals surface area contributed by atoms with E-state index in [1.807, 2.05) is 0 Å². The molecule has 2 rings (SSSR count). The third kappa shape index (κ3) is 2.33. The number of carboxylic acid groups (broad SMARTS) is 1. The molecule has 0 amide bonds. The minimum absolute atomic E-state index is 0.271. The first-order chi connectivity index (χ1) is 7.20. The van der Waals surface area contributed by atoms with E-state index in [4.69, 9.17) is 5.11 Å². The van der Waals surface area contributed by atoms with Crippen molar-refractivity contribution in [3.8, 4) is 0 Å². The van der Waals surface area contributed by atoms with Gasteiger partial charge in [-0.1, -0.05) is 13.3 Å². The van der Waals surface area contributed by atoms with Crippen LogP contribution in [0.15, 0.2) is 0 Å². The molecule has 86 valence electrons. The first-order valence-corrected chi connectivity index (χ1v) is 6.16. The fourth-order valence-corrected chi connectivity index (χ4v) is 3.30. The lowest BCUT2D eigenvalue weighted by Crippen LogP contribution is -2.35. The van der Waals surface area contributed by atoms with Crippen molar-refractivity contribution in [2.75, 3.05) is 13.1 Å². The highest BCUT2D eigenvalue weighted by Gasteiger charge is 2.38. The second-order valence-corrected chi connectivity index (χ2v) is 5.06. The minimum atomic E-state index is -0.654. The van der Waals surface area contributed by atoms with Crippen molar-refractivity contribution in [1.82, 2.24) is 4.90 Å². The van der Waals surface area contributed by atoms with E-state index in [0.717, 1.165) is 31.3 Å². The van der Waals surface area contributed by atoms with E-state index in [0.29, 0.717) is 6.42 Å². The monoisotopic (exact) mass is 211 g/mol. The Kier molecular flexibility index (Phi) is 3.29. The average molecular weight is 211 g/mol. The number of likely N-dealkylation sites (tertiary alicyclic amines) is 1. The zero-order chi connectivity index (χ0) is 10.8. The second-order valence-electron chi connectivity index (χ2n) is 5.06. The highest BCUT2D eigenvalue weighted by molar-refractivity contribution is 5.67. The normalized spacial score (nSPS) is 32.9. The molecule has 0 aromatic carbocycles. The predicted octanol–water partition coefficient (Wildman–Crippen LogP) is 1.97. The first kappa shape index (κ1) is 10.9. The van der Waals surface area contributed by atoms with Crippen LogP contribution in [0.25, 0.3) is 0 Å². The molecule has 1 N–H and O–H groups in total. The molecule has 1 heterocycles. The van der Waals surface area contributed by atoms with Gasteiger partial charge in [0.1, 0.15) is 0 Å². The quantitative estimate of drug-likeness (QED) is 0.773. The fraction of sp³-hybridized carbons (Fsp3) is 0.917. The second kappa shape index (κ2) is 4.52. The Balaban J connectivity index is 1.90. The summed E-state index contributed by atoms with van der Waals surface area (Å²) < 4.78 is 0. The van der Waals surface area contributed by atoms with Gasteiger partial charge in [0, 0.05) is 19.1 Å². The zero-order valence-electron chi connectivity index (χ0n) is 9.48. The third-order valence-electron chi connectivity index (χ3n) is 4.15. The van der Waals surface area contributed by atoms with Gasteiger partial charge in [0.2, 0.25) is 0 Å². The summed E-state index contributed by atoms with van der Waals surface area (Å²) in [6.07, 6.45) is 5.40. The number of aliphatic carboxylic acids is 1. The van der Waals surface area contributed by atoms with Crippen molar-refractivity contribution in [3.05, 3.63) is 0 Å². The molecular weight excluding hydrogens is 190 g/mol. The molecule has 1 saturated heterocycles. The van der Waals surface area contributed by atoms with Crippen molar-refractivity contribution in [2.24, 2.45) is 11.8 Å². The largest absolute Gasteiger partial charge is 0.481 e. The molecular formula is C12H21NO2. The van der Waals surface area contributed by atoms with Crippen LogP contribution in [0.1, 0.15) is 39.0 Å². The van der Waals surface area contributed by atoms with Crippen LogP contribution in [0.5, 0.6) is 0 Å². The maximum absolute atomic E-state index is 10.7. The molecule has 3 unspecified atom stereocenters. The predicted molar refractivity (Wildman–Crippen MR) is 58.7 cm³/mol. The van der Waals surface area contributed by atoms with Gasteiger partial charge in [-0.15, -0.1) is 0 Å². The van der Waals surface area contributed by atoms with Crippen LogP contribution in [0, 0.1) is 11.8 Å². The summed E-state index contributed by atoms with van der Waals surface area (Å²) in [6.45, 7) is 4.40. The molecule has 2 aliphatic rings. The van der Waals surface area contributed by atoms with E-state index in [2.05, 4.69) is 11.8 Å². The van der Waals surface area contributed by atoms with Gasteiger partial charge in [-0.3, -0.25) is 9.69 Å². The van der Waals surface area contributed by atoms with Gasteiger partial charge in [0.15, 0.2) is 0 Å². The maximum Gasteiger partial charge on any atom is 0.304 e. The Hall–Kier alpha value is -0.570. The standard InChI is InChI=1S/C12H21NO2/c1-2-11(6-12(14)15)13-7-9-4-3-5-10(9)8-13/h9-11H,2-8H2,1H3,(H,14,15). The van der Waals surface area contributed by atoms with Crippen LogP contribution in [0.2, 0.25) is 0 Å². The molecule has 0 spiro atoms. The van der Waals surface area contributed by atoms with E-state index < -0.39 is 5.97 Å². The minimum Gasteiger partial charge on any atom is -0.481 e. The average Bonchev–Trinajstić information content (AvgIpc) is 2.72. The Morgan fingerprint density at radius 3 is 2.47 bits per heavy atom. The highest BCUT2D eigenvalue weighted by Crippen LogP contribution is 2.38. The molecule has 0 aromatic heterocycles. The van der Waals surface area contributed by atoms with Gasteiger partial charge in [-0.25, -0.2) is 0 Å². The van der Waals surface area contributed by atoms with E-state index in [1.54, 1.807) is 0 Å². The smallest absolute Gasteiger partial charge is 0.304 e. The number of carbonyl (C=O) groups is 1. The third-order valence-corrected chi connectivity index (χ3v) is 4.15. The fourth-order valence-electron chi connectivity index (χ4n) is 3.30. The number of hydrogen-bond acceptors (Lipinski definition) is 2. The van der Waals surface area contributed by atoms with Crippen molar-refractivity contribution in [2.45, 2.75) is 45.1 Å². The summed E-state index contributed by atoms with van der Waals surface area (Å²) in [5.41, 5.74) is 0. The lowest BCUT2D eigenvalue weighted by atomic mass is 10.0. The molecule has 1 aliphatic heterocycles. The molecule has 2 fully saturated rings. The van der Waals surface area contributed by atoms with Gasteiger partial charge in [0.05, 0.1) is 6.42 Å². The molecule has 15 heavy (non-hydrogen) atoms. The van der Waals surface area contributed by atoms with Gasteiger partial charge < -0.3 is 5.11 Å². The van der Waals surface area contributed by atoms with Crippen molar-refractivity contribution in [1.29, 1.82) is 0 Å². The molecule has 0 radical (unpaired) electrons. The number of carboxylic acids is 1. The van der Waals surface area contributed by atoms with Gasteiger partial charge >= 0.3 is 5.97 Å². The molecule has 3 heteroatoms. The molecule has 0 aromatic rings. The summed E-state index contributed by atoms with van der Waals surface area (Å²) in [7, 11) is 0. The first-order valence-electron chi connectivity index (χ1n) is 6.16. The van der Waals surface area contributed by atoms with Crippen LogP contribution >= 0.6 is 0 Å². The Morgan fingerprint density at radius 2 is 2.00 bits per heavy atom. The lowest BCUT2D eigenvalue weighted by molar-refractivity contribution is -0.138. The van der Waals surface area contributed by atoms with E-state index in [1.165, 1.54) is 19.3 Å². The summed E-state index contributed by atoms with van der Waals surface area (Å²) in [4.78, 5) is 13.2. The van der Waals surface area contributed by atoms with Crippen LogP contribution in [0.4, 0.5) is 0 Å². The van der Waals surface area contributed by atoms with E-state index in [-0.39, 0.29) is 6.04 Å². The number of rotatable bonds is 4. The van der Waals surface area contributed by atoms with E-state index in [9.17, 15) is 4.79 Å². The summed E-state index contributed by atoms with van der Waals surface area (Å²) in [6, 6.07) is 0.271. The molecule has 0 bridgehead atoms. The molecule has 1 aliphatic carbocycles. The topological polar surface area (TPSA) is 40.5 Å². The highest BCUT2D eigenvalue weighted by atomic mass is 16.4. The summed E-state index contributed by atoms with van der Waals surface area (Å²) >= 11 is 0. The molecule has 1 saturated carbocycles. The SMILES string of the molecule is CCC(CC(=O)O)N1CC2CCCC2C1. The molecule has 3 atom stereocenters. The Labute approximate surface area is 91.5 Å².